The van der Waals surface area contributed by atoms with Gasteiger partial charge in [0, 0.05) is 20.3 Å². The molecule has 0 bridgehead atoms. The molecule has 1 amide bonds. The van der Waals surface area contributed by atoms with Crippen LogP contribution in [-0.2, 0) is 11.8 Å². The van der Waals surface area contributed by atoms with Crippen LogP contribution in [0.1, 0.15) is 24.3 Å². The molecule has 0 unspecified atom stereocenters. The summed E-state index contributed by atoms with van der Waals surface area (Å²) < 4.78 is 1.51. The van der Waals surface area contributed by atoms with Crippen molar-refractivity contribution in [1.82, 2.24) is 4.57 Å². The van der Waals surface area contributed by atoms with E-state index in [9.17, 15) is 9.59 Å². The largest absolute Gasteiger partial charge is 0.477 e. The molecule has 0 aliphatic carbocycles. The first-order chi connectivity index (χ1) is 7.76. The van der Waals surface area contributed by atoms with Gasteiger partial charge in [0.25, 0.3) is 0 Å². The molecule has 1 aromatic rings. The van der Waals surface area contributed by atoms with Crippen molar-refractivity contribution in [2.45, 2.75) is 19.4 Å². The molecule has 2 rings (SSSR count). The maximum absolute atomic E-state index is 11.9. The molecule has 0 fully saturated rings. The van der Waals surface area contributed by atoms with E-state index in [4.69, 9.17) is 5.11 Å². The number of amides is 1. The number of rotatable bonds is 1. The Balaban J connectivity index is 2.65. The molecule has 0 saturated carbocycles. The zero-order valence-corrected chi connectivity index (χ0v) is 10.2. The van der Waals surface area contributed by atoms with Crippen molar-refractivity contribution in [1.29, 1.82) is 0 Å². The van der Waals surface area contributed by atoms with Gasteiger partial charge < -0.3 is 19.9 Å². The van der Waals surface area contributed by atoms with Crippen molar-refractivity contribution < 1.29 is 14.7 Å². The van der Waals surface area contributed by atoms with Crippen molar-refractivity contribution >= 4 is 23.3 Å². The van der Waals surface area contributed by atoms with E-state index < -0.39 is 11.5 Å². The van der Waals surface area contributed by atoms with Crippen LogP contribution in [0.2, 0.25) is 0 Å². The molecule has 0 saturated heterocycles. The Morgan fingerprint density at radius 2 is 2.00 bits per heavy atom. The smallest absolute Gasteiger partial charge is 0.354 e. The Kier molecular flexibility index (Phi) is 2.20. The van der Waals surface area contributed by atoms with Gasteiger partial charge in [-0.15, -0.1) is 0 Å². The van der Waals surface area contributed by atoms with Gasteiger partial charge in [-0.3, -0.25) is 4.79 Å². The summed E-state index contributed by atoms with van der Waals surface area (Å²) >= 11 is 0. The normalized spacial score (nSPS) is 17.6. The van der Waals surface area contributed by atoms with Crippen molar-refractivity contribution in [2.75, 3.05) is 17.3 Å². The van der Waals surface area contributed by atoms with Gasteiger partial charge in [0.1, 0.15) is 5.54 Å². The van der Waals surface area contributed by atoms with Gasteiger partial charge >= 0.3 is 5.97 Å². The van der Waals surface area contributed by atoms with E-state index in [-0.39, 0.29) is 11.6 Å². The minimum absolute atomic E-state index is 0.0932. The molecule has 1 aliphatic rings. The van der Waals surface area contributed by atoms with Crippen LogP contribution in [-0.4, -0.2) is 34.1 Å². The summed E-state index contributed by atoms with van der Waals surface area (Å²) in [6, 6.07) is 0. The highest BCUT2D eigenvalue weighted by atomic mass is 16.4. The van der Waals surface area contributed by atoms with E-state index in [0.717, 1.165) is 5.69 Å². The maximum atomic E-state index is 11.9. The average Bonchev–Trinajstić information content (AvgIpc) is 2.52. The third kappa shape index (κ3) is 1.40. The second kappa shape index (κ2) is 3.26. The lowest BCUT2D eigenvalue weighted by molar-refractivity contribution is -0.120. The van der Waals surface area contributed by atoms with Crippen LogP contribution in [0, 0.1) is 0 Å². The average molecular weight is 237 g/mol. The first-order valence-corrected chi connectivity index (χ1v) is 5.24. The number of likely N-dealkylation sites (N-methyl/N-ethyl adjacent to an activating group) is 1. The summed E-state index contributed by atoms with van der Waals surface area (Å²) in [6.07, 6.45) is 1.71. The quantitative estimate of drug-likeness (QED) is 0.760. The minimum atomic E-state index is -1.05. The van der Waals surface area contributed by atoms with Crippen LogP contribution in [0.25, 0.3) is 0 Å². The number of aromatic nitrogens is 1. The highest BCUT2D eigenvalue weighted by Crippen LogP contribution is 2.38. The van der Waals surface area contributed by atoms with Crippen LogP contribution in [0.4, 0.5) is 11.4 Å². The van der Waals surface area contributed by atoms with Gasteiger partial charge in [0.2, 0.25) is 5.91 Å². The molecule has 0 radical (unpaired) electrons. The highest BCUT2D eigenvalue weighted by molar-refractivity contribution is 6.11. The number of nitrogens with zero attached hydrogens (tertiary/aromatic N) is 2. The van der Waals surface area contributed by atoms with E-state index in [1.165, 1.54) is 4.57 Å². The van der Waals surface area contributed by atoms with Gasteiger partial charge in [-0.2, -0.15) is 0 Å². The fourth-order valence-electron chi connectivity index (χ4n) is 1.97. The number of hydrogen-bond donors (Lipinski definition) is 2. The van der Waals surface area contributed by atoms with Crippen LogP contribution in [0.5, 0.6) is 0 Å². The van der Waals surface area contributed by atoms with Crippen molar-refractivity contribution in [2.24, 2.45) is 7.05 Å². The molecule has 0 spiro atoms. The van der Waals surface area contributed by atoms with Gasteiger partial charge in [-0.05, 0) is 13.8 Å². The first-order valence-electron chi connectivity index (χ1n) is 5.24. The van der Waals surface area contributed by atoms with Crippen LogP contribution < -0.4 is 10.2 Å². The number of fused-ring (bicyclic) bond motifs is 1. The summed E-state index contributed by atoms with van der Waals surface area (Å²) in [5.74, 6) is -1.26. The molecule has 2 heterocycles. The monoisotopic (exact) mass is 237 g/mol. The lowest BCUT2D eigenvalue weighted by atomic mass is 9.98. The Labute approximate surface area is 98.8 Å². The number of carbonyl (C=O) groups excluding carboxylic acids is 1. The van der Waals surface area contributed by atoms with Crippen LogP contribution >= 0.6 is 0 Å². The fourth-order valence-corrected chi connectivity index (χ4v) is 1.97. The van der Waals surface area contributed by atoms with E-state index in [2.05, 4.69) is 5.32 Å². The van der Waals surface area contributed by atoms with Crippen LogP contribution in [0.3, 0.4) is 0 Å². The molecule has 1 aliphatic heterocycles. The summed E-state index contributed by atoms with van der Waals surface area (Å²) in [5.41, 5.74) is 0.487. The Morgan fingerprint density at radius 3 is 2.53 bits per heavy atom. The van der Waals surface area contributed by atoms with E-state index >= 15 is 0 Å². The van der Waals surface area contributed by atoms with Crippen molar-refractivity contribution in [3.8, 4) is 0 Å². The fraction of sp³-hybridized carbons (Fsp3) is 0.455. The number of carbonyl (C=O) groups is 2. The van der Waals surface area contributed by atoms with Gasteiger partial charge in [0.05, 0.1) is 11.4 Å². The molecule has 17 heavy (non-hydrogen) atoms. The maximum Gasteiger partial charge on any atom is 0.354 e. The van der Waals surface area contributed by atoms with E-state index in [1.54, 1.807) is 39.0 Å². The third-order valence-corrected chi connectivity index (χ3v) is 3.36. The van der Waals surface area contributed by atoms with Crippen molar-refractivity contribution in [3.63, 3.8) is 0 Å². The van der Waals surface area contributed by atoms with Gasteiger partial charge in [0.15, 0.2) is 5.69 Å². The molecular weight excluding hydrogens is 222 g/mol. The predicted molar refractivity (Wildman–Crippen MR) is 63.5 cm³/mol. The molecule has 0 atom stereocenters. The molecule has 6 nitrogen and oxygen atoms in total. The number of nitrogens with one attached hydrogen (secondary N) is 1. The number of anilines is 2. The predicted octanol–water partition coefficient (Wildman–Crippen LogP) is 0.890. The van der Waals surface area contributed by atoms with E-state index in [0.29, 0.717) is 5.69 Å². The Morgan fingerprint density at radius 1 is 1.41 bits per heavy atom. The minimum Gasteiger partial charge on any atom is -0.477 e. The first kappa shape index (κ1) is 11.5. The lowest BCUT2D eigenvalue weighted by Crippen LogP contribution is -2.54. The second-order valence-corrected chi connectivity index (χ2v) is 4.73. The molecule has 1 aromatic heterocycles. The topological polar surface area (TPSA) is 74.6 Å². The third-order valence-electron chi connectivity index (χ3n) is 3.36. The number of carboxylic acids is 1. The summed E-state index contributed by atoms with van der Waals surface area (Å²) in [7, 11) is 3.43. The second-order valence-electron chi connectivity index (χ2n) is 4.73. The van der Waals surface area contributed by atoms with Gasteiger partial charge in [-0.25, -0.2) is 4.79 Å². The number of aromatic carboxylic acids is 1. The van der Waals surface area contributed by atoms with Crippen LogP contribution in [0.15, 0.2) is 6.20 Å². The number of aryl methyl sites for hydroxylation is 1. The molecule has 6 heteroatoms. The summed E-state index contributed by atoms with van der Waals surface area (Å²) in [6.45, 7) is 3.58. The Hall–Kier alpha value is -1.98. The van der Waals surface area contributed by atoms with Crippen molar-refractivity contribution in [3.05, 3.63) is 11.9 Å². The standard InChI is InChI=1S/C11H15N3O3/c1-11(2)10(17)12-7-6(14(11)4)5-13(3)8(7)9(15)16/h5H,1-4H3,(H,12,17)(H,15,16). The lowest BCUT2D eigenvalue weighted by Gasteiger charge is -2.39. The SMILES string of the molecule is CN1c2cn(C)c(C(=O)O)c2NC(=O)C1(C)C. The molecule has 0 aromatic carbocycles. The molecular formula is C11H15N3O3. The highest BCUT2D eigenvalue weighted by Gasteiger charge is 2.40. The number of hydrogen-bond acceptors (Lipinski definition) is 3. The van der Waals surface area contributed by atoms with E-state index in [1.807, 2.05) is 0 Å². The molecule has 92 valence electrons. The molecule has 2 N–H and O–H groups in total. The zero-order chi connectivity index (χ0) is 13.0. The van der Waals surface area contributed by atoms with Gasteiger partial charge in [-0.1, -0.05) is 0 Å². The Bertz CT molecular complexity index is 516. The summed E-state index contributed by atoms with van der Waals surface area (Å²) in [5, 5.41) is 11.8. The zero-order valence-electron chi connectivity index (χ0n) is 10.2. The number of carboxylic acid groups (broad SMARTS) is 1. The summed E-state index contributed by atoms with van der Waals surface area (Å²) in [4.78, 5) is 24.8.